The highest BCUT2D eigenvalue weighted by Gasteiger charge is 2.38. The summed E-state index contributed by atoms with van der Waals surface area (Å²) in [6.07, 6.45) is 3.19. The molecule has 0 bridgehead atoms. The molecule has 1 aliphatic heterocycles. The van der Waals surface area contributed by atoms with Gasteiger partial charge in [0, 0.05) is 22.5 Å². The van der Waals surface area contributed by atoms with Crippen molar-refractivity contribution in [3.63, 3.8) is 0 Å². The zero-order valence-corrected chi connectivity index (χ0v) is 20.3. The van der Waals surface area contributed by atoms with Gasteiger partial charge in [-0.1, -0.05) is 92.0 Å². The molecule has 5 heteroatoms. The van der Waals surface area contributed by atoms with Gasteiger partial charge in [-0.3, -0.25) is 4.99 Å². The van der Waals surface area contributed by atoms with Gasteiger partial charge in [-0.05, 0) is 30.2 Å². The van der Waals surface area contributed by atoms with Crippen LogP contribution >= 0.6 is 11.6 Å². The number of ether oxygens (including phenoxy) is 1. The van der Waals surface area contributed by atoms with Crippen LogP contribution in [0.4, 0.5) is 0 Å². The summed E-state index contributed by atoms with van der Waals surface area (Å²) in [4.78, 5) is 10.3. The Kier molecular flexibility index (Phi) is 6.25. The summed E-state index contributed by atoms with van der Waals surface area (Å²) < 4.78 is 6.02. The smallest absolute Gasteiger partial charge is 0.156 e. The van der Waals surface area contributed by atoms with Gasteiger partial charge in [0.2, 0.25) is 0 Å². The maximum absolute atomic E-state index is 6.44. The van der Waals surface area contributed by atoms with E-state index in [0.29, 0.717) is 10.8 Å². The van der Waals surface area contributed by atoms with Crippen LogP contribution in [0.2, 0.25) is 5.02 Å². The minimum atomic E-state index is -0.321. The lowest BCUT2D eigenvalue weighted by atomic mass is 9.86. The number of nitrogens with one attached hydrogen (secondary N) is 1. The first-order valence-electron chi connectivity index (χ1n) is 11.8. The van der Waals surface area contributed by atoms with Crippen molar-refractivity contribution in [2.75, 3.05) is 13.7 Å². The highest BCUT2D eigenvalue weighted by atomic mass is 35.5. The largest absolute Gasteiger partial charge is 0.494 e. The van der Waals surface area contributed by atoms with Gasteiger partial charge < -0.3 is 10.1 Å². The zero-order chi connectivity index (χ0) is 23.5. The second-order valence-corrected chi connectivity index (χ2v) is 9.15. The summed E-state index contributed by atoms with van der Waals surface area (Å²) in [5.74, 6) is 1.52. The monoisotopic (exact) mass is 469 g/mol. The number of halogens is 1. The van der Waals surface area contributed by atoms with Crippen LogP contribution in [-0.2, 0) is 5.54 Å². The minimum Gasteiger partial charge on any atom is -0.494 e. The minimum absolute atomic E-state index is 0.321. The summed E-state index contributed by atoms with van der Waals surface area (Å²) in [6.45, 7) is 2.96. The summed E-state index contributed by atoms with van der Waals surface area (Å²) in [5.41, 5.74) is 4.46. The molecule has 1 atom stereocenters. The van der Waals surface area contributed by atoms with Crippen molar-refractivity contribution in [3.8, 4) is 17.0 Å². The third-order valence-electron chi connectivity index (χ3n) is 6.52. The van der Waals surface area contributed by atoms with Gasteiger partial charge in [-0.25, -0.2) is 4.98 Å². The first-order chi connectivity index (χ1) is 16.6. The molecule has 5 rings (SSSR count). The number of nitrogens with zero attached hydrogens (tertiary/aromatic N) is 2. The molecule has 4 nitrogen and oxygen atoms in total. The number of aliphatic imine (C=N–C) groups is 1. The lowest BCUT2D eigenvalue weighted by Gasteiger charge is -2.25. The molecule has 0 fully saturated rings. The fourth-order valence-electron chi connectivity index (χ4n) is 4.78. The van der Waals surface area contributed by atoms with E-state index in [2.05, 4.69) is 54.7 Å². The second kappa shape index (κ2) is 9.47. The predicted octanol–water partition coefficient (Wildman–Crippen LogP) is 7.00. The third kappa shape index (κ3) is 4.03. The first-order valence-corrected chi connectivity index (χ1v) is 12.2. The summed E-state index contributed by atoms with van der Waals surface area (Å²) in [5, 5.41) is 5.22. The Hall–Kier alpha value is -3.37. The molecule has 0 saturated carbocycles. The van der Waals surface area contributed by atoms with Gasteiger partial charge in [0.15, 0.2) is 5.75 Å². The molecule has 172 valence electrons. The van der Waals surface area contributed by atoms with E-state index >= 15 is 0 Å². The molecule has 34 heavy (non-hydrogen) atoms. The molecule has 1 aliphatic rings. The number of hydrogen-bond donors (Lipinski definition) is 1. The topological polar surface area (TPSA) is 46.5 Å². The molecular formula is C29H28ClN3O. The van der Waals surface area contributed by atoms with Crippen molar-refractivity contribution in [2.24, 2.45) is 4.99 Å². The van der Waals surface area contributed by atoms with Crippen LogP contribution in [0.3, 0.4) is 0 Å². The Morgan fingerprint density at radius 2 is 1.74 bits per heavy atom. The molecule has 1 unspecified atom stereocenters. The predicted molar refractivity (Wildman–Crippen MR) is 141 cm³/mol. The maximum atomic E-state index is 6.44. The molecule has 4 aromatic rings. The number of amidine groups is 1. The van der Waals surface area contributed by atoms with Crippen molar-refractivity contribution < 1.29 is 4.74 Å². The van der Waals surface area contributed by atoms with Gasteiger partial charge in [0.1, 0.15) is 17.1 Å². The molecule has 0 spiro atoms. The van der Waals surface area contributed by atoms with Crippen LogP contribution < -0.4 is 10.1 Å². The van der Waals surface area contributed by atoms with E-state index in [1.807, 2.05) is 36.4 Å². The zero-order valence-electron chi connectivity index (χ0n) is 19.5. The lowest BCUT2D eigenvalue weighted by Crippen LogP contribution is -2.30. The Morgan fingerprint density at radius 1 is 1.00 bits per heavy atom. The van der Waals surface area contributed by atoms with Crippen LogP contribution in [0.25, 0.3) is 22.2 Å². The van der Waals surface area contributed by atoms with E-state index in [9.17, 15) is 0 Å². The van der Waals surface area contributed by atoms with Gasteiger partial charge >= 0.3 is 0 Å². The number of pyridine rings is 1. The third-order valence-corrected chi connectivity index (χ3v) is 6.75. The van der Waals surface area contributed by atoms with Crippen molar-refractivity contribution in [1.29, 1.82) is 0 Å². The fourth-order valence-corrected chi connectivity index (χ4v) is 4.96. The molecule has 0 radical (unpaired) electrons. The highest BCUT2D eigenvalue weighted by Crippen LogP contribution is 2.41. The number of aromatic nitrogens is 1. The quantitative estimate of drug-likeness (QED) is 0.317. The number of benzene rings is 3. The fraction of sp³-hybridized carbons (Fsp3) is 0.241. The van der Waals surface area contributed by atoms with Crippen molar-refractivity contribution in [2.45, 2.75) is 31.7 Å². The Balaban J connectivity index is 1.76. The van der Waals surface area contributed by atoms with Gasteiger partial charge in [-0.2, -0.15) is 0 Å². The Bertz CT molecular complexity index is 1340. The molecule has 1 aromatic heterocycles. The molecule has 0 amide bonds. The normalized spacial score (nSPS) is 17.4. The van der Waals surface area contributed by atoms with Crippen molar-refractivity contribution in [3.05, 3.63) is 95.0 Å². The van der Waals surface area contributed by atoms with Crippen molar-refractivity contribution in [1.82, 2.24) is 10.3 Å². The van der Waals surface area contributed by atoms with E-state index in [0.717, 1.165) is 59.4 Å². The van der Waals surface area contributed by atoms with E-state index in [1.165, 1.54) is 5.56 Å². The SMILES string of the molecule is CCCCC1(c2ccccc2)CNC(c2c(OC)c(-c3ccccc3)nc3ccc(Cl)cc23)=N1. The Morgan fingerprint density at radius 3 is 2.44 bits per heavy atom. The number of fused-ring (bicyclic) bond motifs is 1. The van der Waals surface area contributed by atoms with Gasteiger partial charge in [0.05, 0.1) is 18.2 Å². The Labute approximate surface area is 205 Å². The highest BCUT2D eigenvalue weighted by molar-refractivity contribution is 6.31. The van der Waals surface area contributed by atoms with E-state index in [4.69, 9.17) is 26.3 Å². The molecule has 0 saturated heterocycles. The van der Waals surface area contributed by atoms with Gasteiger partial charge in [0.25, 0.3) is 0 Å². The summed E-state index contributed by atoms with van der Waals surface area (Å²) >= 11 is 6.44. The van der Waals surface area contributed by atoms with Crippen molar-refractivity contribution >= 4 is 28.3 Å². The standard InChI is InChI=1S/C29H28ClN3O/c1-3-4-17-29(21-13-9-6-10-14-21)19-31-28(33-29)25-23-18-22(30)15-16-24(23)32-26(27(25)34-2)20-11-7-5-8-12-20/h5-16,18H,3-4,17,19H2,1-2H3,(H,31,33). The number of unbranched alkanes of at least 4 members (excludes halogenated alkanes) is 1. The summed E-state index contributed by atoms with van der Waals surface area (Å²) in [7, 11) is 1.69. The molecule has 2 heterocycles. The first kappa shape index (κ1) is 22.4. The van der Waals surface area contributed by atoms with Crippen LogP contribution in [0.5, 0.6) is 5.75 Å². The molecular weight excluding hydrogens is 442 g/mol. The van der Waals surface area contributed by atoms with Crippen LogP contribution in [-0.4, -0.2) is 24.5 Å². The van der Waals surface area contributed by atoms with Gasteiger partial charge in [-0.15, -0.1) is 0 Å². The van der Waals surface area contributed by atoms with Crippen LogP contribution in [0.15, 0.2) is 83.9 Å². The summed E-state index contributed by atoms with van der Waals surface area (Å²) in [6, 6.07) is 26.5. The average molecular weight is 470 g/mol. The molecule has 3 aromatic carbocycles. The number of rotatable bonds is 7. The maximum Gasteiger partial charge on any atom is 0.156 e. The number of hydrogen-bond acceptors (Lipinski definition) is 4. The van der Waals surface area contributed by atoms with E-state index in [1.54, 1.807) is 7.11 Å². The van der Waals surface area contributed by atoms with E-state index in [-0.39, 0.29) is 5.54 Å². The van der Waals surface area contributed by atoms with Crippen LogP contribution in [0.1, 0.15) is 37.3 Å². The second-order valence-electron chi connectivity index (χ2n) is 8.71. The lowest BCUT2D eigenvalue weighted by molar-refractivity contribution is 0.414. The molecule has 0 aliphatic carbocycles. The number of methoxy groups -OCH3 is 1. The van der Waals surface area contributed by atoms with E-state index < -0.39 is 0 Å². The average Bonchev–Trinajstić information content (AvgIpc) is 3.32. The van der Waals surface area contributed by atoms with Crippen LogP contribution in [0, 0.1) is 0 Å². The molecule has 1 N–H and O–H groups in total.